The van der Waals surface area contributed by atoms with Gasteiger partial charge in [-0.2, -0.15) is 0 Å². The maximum atomic E-state index is 13.1. The van der Waals surface area contributed by atoms with E-state index in [9.17, 15) is 14.0 Å². The second-order valence-corrected chi connectivity index (χ2v) is 6.12. The number of anilines is 1. The summed E-state index contributed by atoms with van der Waals surface area (Å²) in [4.78, 5) is 26.7. The lowest BCUT2D eigenvalue weighted by molar-refractivity contribution is -0.120. The van der Waals surface area contributed by atoms with Gasteiger partial charge < -0.3 is 10.2 Å². The average molecular weight is 363 g/mol. The van der Waals surface area contributed by atoms with Crippen LogP contribution >= 0.6 is 11.6 Å². The van der Waals surface area contributed by atoms with Crippen molar-refractivity contribution in [2.75, 3.05) is 11.9 Å². The molecule has 0 radical (unpaired) electrons. The molecule has 2 amide bonds. The minimum atomic E-state index is -0.684. The third-order valence-corrected chi connectivity index (χ3v) is 3.99. The SMILES string of the molecule is CCCN(C(=O)c1ccc(F)cc1)C(C)C(=O)Nc1cccc(Cl)c1. The summed E-state index contributed by atoms with van der Waals surface area (Å²) in [6, 6.07) is 11.4. The highest BCUT2D eigenvalue weighted by atomic mass is 35.5. The van der Waals surface area contributed by atoms with E-state index in [-0.39, 0.29) is 11.8 Å². The van der Waals surface area contributed by atoms with Crippen LogP contribution in [0.25, 0.3) is 0 Å². The fourth-order valence-corrected chi connectivity index (χ4v) is 2.62. The summed E-state index contributed by atoms with van der Waals surface area (Å²) in [5, 5.41) is 3.27. The highest BCUT2D eigenvalue weighted by Gasteiger charge is 2.26. The van der Waals surface area contributed by atoms with Crippen molar-refractivity contribution in [3.63, 3.8) is 0 Å². The zero-order valence-electron chi connectivity index (χ0n) is 14.1. The largest absolute Gasteiger partial charge is 0.327 e. The molecule has 25 heavy (non-hydrogen) atoms. The first kappa shape index (κ1) is 18.9. The molecule has 1 atom stereocenters. The number of carbonyl (C=O) groups is 2. The smallest absolute Gasteiger partial charge is 0.254 e. The first-order valence-electron chi connectivity index (χ1n) is 8.05. The number of rotatable bonds is 6. The van der Waals surface area contributed by atoms with Gasteiger partial charge in [0.05, 0.1) is 0 Å². The quantitative estimate of drug-likeness (QED) is 0.830. The number of nitrogens with one attached hydrogen (secondary N) is 1. The third-order valence-electron chi connectivity index (χ3n) is 3.76. The number of benzene rings is 2. The van der Waals surface area contributed by atoms with Crippen LogP contribution < -0.4 is 5.32 Å². The van der Waals surface area contributed by atoms with E-state index in [1.165, 1.54) is 29.2 Å². The van der Waals surface area contributed by atoms with Gasteiger partial charge in [0.2, 0.25) is 5.91 Å². The van der Waals surface area contributed by atoms with Gasteiger partial charge in [-0.15, -0.1) is 0 Å². The fraction of sp³-hybridized carbons (Fsp3) is 0.263. The van der Waals surface area contributed by atoms with Gasteiger partial charge in [0.1, 0.15) is 11.9 Å². The van der Waals surface area contributed by atoms with Crippen molar-refractivity contribution in [2.45, 2.75) is 26.3 Å². The minimum absolute atomic E-state index is 0.310. The number of nitrogens with zero attached hydrogens (tertiary/aromatic N) is 1. The maximum Gasteiger partial charge on any atom is 0.254 e. The zero-order chi connectivity index (χ0) is 18.4. The Labute approximate surface area is 151 Å². The van der Waals surface area contributed by atoms with Crippen molar-refractivity contribution in [2.24, 2.45) is 0 Å². The van der Waals surface area contributed by atoms with Gasteiger partial charge in [-0.1, -0.05) is 24.6 Å². The lowest BCUT2D eigenvalue weighted by atomic mass is 10.1. The Morgan fingerprint density at radius 2 is 1.88 bits per heavy atom. The van der Waals surface area contributed by atoms with E-state index in [1.807, 2.05) is 6.92 Å². The van der Waals surface area contributed by atoms with Gasteiger partial charge in [0, 0.05) is 22.8 Å². The van der Waals surface area contributed by atoms with Crippen molar-refractivity contribution in [3.05, 3.63) is 64.9 Å². The van der Waals surface area contributed by atoms with Crippen molar-refractivity contribution in [1.29, 1.82) is 0 Å². The molecule has 1 N–H and O–H groups in total. The summed E-state index contributed by atoms with van der Waals surface area (Å²) in [6.07, 6.45) is 0.696. The topological polar surface area (TPSA) is 49.4 Å². The summed E-state index contributed by atoms with van der Waals surface area (Å²) in [5.41, 5.74) is 0.910. The van der Waals surface area contributed by atoms with Crippen LogP contribution in [0.5, 0.6) is 0 Å². The second-order valence-electron chi connectivity index (χ2n) is 5.68. The van der Waals surface area contributed by atoms with Gasteiger partial charge >= 0.3 is 0 Å². The van der Waals surface area contributed by atoms with Crippen LogP contribution in [0.2, 0.25) is 5.02 Å². The van der Waals surface area contributed by atoms with Crippen molar-refractivity contribution in [1.82, 2.24) is 4.90 Å². The molecule has 132 valence electrons. The number of amides is 2. The van der Waals surface area contributed by atoms with Gasteiger partial charge in [0.15, 0.2) is 0 Å². The Morgan fingerprint density at radius 3 is 2.48 bits per heavy atom. The van der Waals surface area contributed by atoms with Crippen LogP contribution in [-0.2, 0) is 4.79 Å². The molecule has 0 bridgehead atoms. The molecular formula is C19H20ClFN2O2. The first-order valence-corrected chi connectivity index (χ1v) is 8.43. The zero-order valence-corrected chi connectivity index (χ0v) is 14.9. The van der Waals surface area contributed by atoms with Crippen LogP contribution in [0, 0.1) is 5.82 Å². The Hall–Kier alpha value is -2.40. The molecule has 0 saturated heterocycles. The molecule has 0 aromatic heterocycles. The molecular weight excluding hydrogens is 343 g/mol. The molecule has 4 nitrogen and oxygen atoms in total. The van der Waals surface area contributed by atoms with Crippen LogP contribution in [0.1, 0.15) is 30.6 Å². The molecule has 0 aliphatic carbocycles. The Balaban J connectivity index is 2.15. The summed E-state index contributed by atoms with van der Waals surface area (Å²) in [7, 11) is 0. The fourth-order valence-electron chi connectivity index (χ4n) is 2.42. The van der Waals surface area contributed by atoms with Crippen LogP contribution in [0.3, 0.4) is 0 Å². The molecule has 0 aliphatic rings. The minimum Gasteiger partial charge on any atom is -0.327 e. The van der Waals surface area contributed by atoms with E-state index in [1.54, 1.807) is 31.2 Å². The Bertz CT molecular complexity index is 749. The van der Waals surface area contributed by atoms with Crippen molar-refractivity contribution in [3.8, 4) is 0 Å². The lowest BCUT2D eigenvalue weighted by Crippen LogP contribution is -2.46. The molecule has 1 unspecified atom stereocenters. The molecule has 0 saturated carbocycles. The Kier molecular flexibility index (Phi) is 6.53. The number of hydrogen-bond donors (Lipinski definition) is 1. The van der Waals surface area contributed by atoms with Crippen LogP contribution in [-0.4, -0.2) is 29.3 Å². The molecule has 0 aliphatic heterocycles. The highest BCUT2D eigenvalue weighted by Crippen LogP contribution is 2.17. The van der Waals surface area contributed by atoms with E-state index in [0.717, 1.165) is 0 Å². The molecule has 0 spiro atoms. The van der Waals surface area contributed by atoms with Gasteiger partial charge in [-0.05, 0) is 55.8 Å². The lowest BCUT2D eigenvalue weighted by Gasteiger charge is -2.28. The number of halogens is 2. The number of hydrogen-bond acceptors (Lipinski definition) is 2. The Morgan fingerprint density at radius 1 is 1.20 bits per heavy atom. The van der Waals surface area contributed by atoms with E-state index in [4.69, 9.17) is 11.6 Å². The maximum absolute atomic E-state index is 13.1. The molecule has 2 aromatic rings. The summed E-state index contributed by atoms with van der Waals surface area (Å²) >= 11 is 5.92. The van der Waals surface area contributed by atoms with E-state index in [2.05, 4.69) is 5.32 Å². The molecule has 0 heterocycles. The van der Waals surface area contributed by atoms with E-state index < -0.39 is 11.9 Å². The summed E-state index contributed by atoms with van der Waals surface area (Å²) in [6.45, 7) is 4.00. The van der Waals surface area contributed by atoms with E-state index in [0.29, 0.717) is 29.2 Å². The van der Waals surface area contributed by atoms with Crippen molar-refractivity contribution < 1.29 is 14.0 Å². The van der Waals surface area contributed by atoms with Crippen molar-refractivity contribution >= 4 is 29.1 Å². The standard InChI is InChI=1S/C19H20ClFN2O2/c1-3-11-23(19(25)14-7-9-16(21)10-8-14)13(2)18(24)22-17-6-4-5-15(20)12-17/h4-10,12-13H,3,11H2,1-2H3,(H,22,24). The predicted molar refractivity (Wildman–Crippen MR) is 97.3 cm³/mol. The highest BCUT2D eigenvalue weighted by molar-refractivity contribution is 6.30. The van der Waals surface area contributed by atoms with Gasteiger partial charge in [-0.3, -0.25) is 9.59 Å². The number of carbonyl (C=O) groups excluding carboxylic acids is 2. The third kappa shape index (κ3) is 5.03. The second kappa shape index (κ2) is 8.62. The summed E-state index contributed by atoms with van der Waals surface area (Å²) in [5.74, 6) is -1.04. The normalized spacial score (nSPS) is 11.7. The first-order chi connectivity index (χ1) is 11.9. The average Bonchev–Trinajstić information content (AvgIpc) is 2.59. The predicted octanol–water partition coefficient (Wildman–Crippen LogP) is 4.36. The molecule has 0 fully saturated rings. The summed E-state index contributed by atoms with van der Waals surface area (Å²) < 4.78 is 13.1. The van der Waals surface area contributed by atoms with Crippen LogP contribution in [0.4, 0.5) is 10.1 Å². The molecule has 2 aromatic carbocycles. The molecule has 2 rings (SSSR count). The van der Waals surface area contributed by atoms with Gasteiger partial charge in [0.25, 0.3) is 5.91 Å². The molecule has 6 heteroatoms. The van der Waals surface area contributed by atoms with Gasteiger partial charge in [-0.25, -0.2) is 4.39 Å². The van der Waals surface area contributed by atoms with E-state index >= 15 is 0 Å². The van der Waals surface area contributed by atoms with Crippen LogP contribution in [0.15, 0.2) is 48.5 Å². The monoisotopic (exact) mass is 362 g/mol.